The standard InChI is InChI=1S/C18H20BrFN2O2S/c1-13-11-14(2)18(12-17(13)19)25(23,24)22-9-7-21(8-10-22)16-5-3-15(20)4-6-16/h3-6,11-12H,7-10H2,1-2H3. The fourth-order valence-electron chi connectivity index (χ4n) is 3.06. The molecule has 0 aromatic heterocycles. The third kappa shape index (κ3) is 3.73. The van der Waals surface area contributed by atoms with Gasteiger partial charge in [0.2, 0.25) is 10.0 Å². The Balaban J connectivity index is 1.78. The Hall–Kier alpha value is -1.44. The van der Waals surface area contributed by atoms with Gasteiger partial charge in [-0.25, -0.2) is 12.8 Å². The molecule has 0 radical (unpaired) electrons. The van der Waals surface area contributed by atoms with Crippen LogP contribution >= 0.6 is 15.9 Å². The lowest BCUT2D eigenvalue weighted by atomic mass is 10.2. The fraction of sp³-hybridized carbons (Fsp3) is 0.333. The minimum absolute atomic E-state index is 0.273. The molecular weight excluding hydrogens is 407 g/mol. The molecular formula is C18H20BrFN2O2S. The molecule has 0 amide bonds. The van der Waals surface area contributed by atoms with Gasteiger partial charge in [-0.2, -0.15) is 4.31 Å². The number of halogens is 2. The molecule has 4 nitrogen and oxygen atoms in total. The van der Waals surface area contributed by atoms with E-state index in [4.69, 9.17) is 0 Å². The molecule has 0 N–H and O–H groups in total. The Labute approximate surface area is 156 Å². The number of aryl methyl sites for hydroxylation is 2. The van der Waals surface area contributed by atoms with Gasteiger partial charge in [-0.3, -0.25) is 0 Å². The number of rotatable bonds is 3. The number of nitrogens with zero attached hydrogens (tertiary/aromatic N) is 2. The molecule has 1 fully saturated rings. The molecule has 134 valence electrons. The third-order valence-electron chi connectivity index (χ3n) is 4.50. The first-order valence-corrected chi connectivity index (χ1v) is 10.3. The highest BCUT2D eigenvalue weighted by Crippen LogP contribution is 2.28. The number of benzene rings is 2. The highest BCUT2D eigenvalue weighted by Gasteiger charge is 2.30. The summed E-state index contributed by atoms with van der Waals surface area (Å²) in [4.78, 5) is 2.42. The summed E-state index contributed by atoms with van der Waals surface area (Å²) in [6.45, 7) is 5.74. The van der Waals surface area contributed by atoms with Gasteiger partial charge in [-0.1, -0.05) is 22.0 Å². The summed E-state index contributed by atoms with van der Waals surface area (Å²) in [5.41, 5.74) is 2.67. The molecule has 7 heteroatoms. The molecule has 0 unspecified atom stereocenters. The van der Waals surface area contributed by atoms with E-state index in [2.05, 4.69) is 20.8 Å². The van der Waals surface area contributed by atoms with Crippen LogP contribution in [0.3, 0.4) is 0 Å². The molecule has 1 aliphatic rings. The van der Waals surface area contributed by atoms with Crippen molar-refractivity contribution in [3.8, 4) is 0 Å². The Kier molecular flexibility index (Phi) is 5.18. The molecule has 2 aromatic rings. The van der Waals surface area contributed by atoms with Crippen LogP contribution in [0.2, 0.25) is 0 Å². The molecule has 2 aromatic carbocycles. The molecule has 25 heavy (non-hydrogen) atoms. The van der Waals surface area contributed by atoms with Gasteiger partial charge < -0.3 is 4.90 Å². The Morgan fingerprint density at radius 1 is 0.960 bits per heavy atom. The van der Waals surface area contributed by atoms with Crippen LogP contribution < -0.4 is 4.90 Å². The van der Waals surface area contributed by atoms with Crippen LogP contribution in [0, 0.1) is 19.7 Å². The van der Waals surface area contributed by atoms with Crippen LogP contribution in [0.5, 0.6) is 0 Å². The zero-order chi connectivity index (χ0) is 18.2. The quantitative estimate of drug-likeness (QED) is 0.750. The lowest BCUT2D eigenvalue weighted by molar-refractivity contribution is 0.384. The van der Waals surface area contributed by atoms with Gasteiger partial charge >= 0.3 is 0 Å². The maximum atomic E-state index is 13.0. The number of hydrogen-bond acceptors (Lipinski definition) is 3. The highest BCUT2D eigenvalue weighted by molar-refractivity contribution is 9.10. The maximum absolute atomic E-state index is 13.0. The van der Waals surface area contributed by atoms with Crippen molar-refractivity contribution < 1.29 is 12.8 Å². The predicted molar refractivity (Wildman–Crippen MR) is 101 cm³/mol. The molecule has 3 rings (SSSR count). The van der Waals surface area contributed by atoms with Crippen molar-refractivity contribution in [1.82, 2.24) is 4.31 Å². The zero-order valence-corrected chi connectivity index (χ0v) is 16.6. The average molecular weight is 427 g/mol. The minimum atomic E-state index is -3.53. The SMILES string of the molecule is Cc1cc(C)c(S(=O)(=O)N2CCN(c3ccc(F)cc3)CC2)cc1Br. The fourth-order valence-corrected chi connectivity index (χ4v) is 5.21. The molecule has 1 saturated heterocycles. The van der Waals surface area contributed by atoms with E-state index >= 15 is 0 Å². The molecule has 0 saturated carbocycles. The van der Waals surface area contributed by atoms with Crippen molar-refractivity contribution in [2.24, 2.45) is 0 Å². The Morgan fingerprint density at radius 2 is 1.56 bits per heavy atom. The summed E-state index contributed by atoms with van der Waals surface area (Å²) in [5.74, 6) is -0.273. The normalized spacial score (nSPS) is 16.2. The van der Waals surface area contributed by atoms with Gasteiger partial charge in [0.25, 0.3) is 0 Å². The van der Waals surface area contributed by atoms with E-state index in [-0.39, 0.29) is 5.82 Å². The van der Waals surface area contributed by atoms with Crippen molar-refractivity contribution >= 4 is 31.6 Å². The minimum Gasteiger partial charge on any atom is -0.369 e. The summed E-state index contributed by atoms with van der Waals surface area (Å²) in [6, 6.07) is 9.86. The summed E-state index contributed by atoms with van der Waals surface area (Å²) in [7, 11) is -3.53. The topological polar surface area (TPSA) is 40.6 Å². The first kappa shape index (κ1) is 18.4. The second-order valence-corrected chi connectivity index (χ2v) is 9.00. The van der Waals surface area contributed by atoms with Crippen molar-refractivity contribution in [1.29, 1.82) is 0 Å². The number of sulfonamides is 1. The second-order valence-electron chi connectivity index (χ2n) is 6.23. The first-order chi connectivity index (χ1) is 11.8. The zero-order valence-electron chi connectivity index (χ0n) is 14.2. The predicted octanol–water partition coefficient (Wildman–Crippen LogP) is 3.72. The van der Waals surface area contributed by atoms with Gasteiger partial charge in [-0.15, -0.1) is 0 Å². The van der Waals surface area contributed by atoms with E-state index in [1.807, 2.05) is 19.9 Å². The van der Waals surface area contributed by atoms with Crippen molar-refractivity contribution in [3.63, 3.8) is 0 Å². The molecule has 0 aliphatic carbocycles. The van der Waals surface area contributed by atoms with E-state index in [1.54, 1.807) is 18.2 Å². The van der Waals surface area contributed by atoms with Gasteiger partial charge in [0, 0.05) is 36.3 Å². The van der Waals surface area contributed by atoms with E-state index in [9.17, 15) is 12.8 Å². The third-order valence-corrected chi connectivity index (χ3v) is 7.40. The molecule has 0 bridgehead atoms. The summed E-state index contributed by atoms with van der Waals surface area (Å²) in [5, 5.41) is 0. The monoisotopic (exact) mass is 426 g/mol. The lowest BCUT2D eigenvalue weighted by Gasteiger charge is -2.35. The van der Waals surface area contributed by atoms with Gasteiger partial charge in [0.15, 0.2) is 0 Å². The maximum Gasteiger partial charge on any atom is 0.243 e. The van der Waals surface area contributed by atoms with Crippen LogP contribution in [0.4, 0.5) is 10.1 Å². The van der Waals surface area contributed by atoms with Crippen LogP contribution in [0.25, 0.3) is 0 Å². The summed E-state index contributed by atoms with van der Waals surface area (Å²) in [6.07, 6.45) is 0. The molecule has 1 heterocycles. The van der Waals surface area contributed by atoms with E-state index in [0.29, 0.717) is 31.1 Å². The molecule has 1 aliphatic heterocycles. The Morgan fingerprint density at radius 3 is 2.16 bits per heavy atom. The largest absolute Gasteiger partial charge is 0.369 e. The Bertz CT molecular complexity index is 877. The van der Waals surface area contributed by atoms with Gasteiger partial charge in [0.1, 0.15) is 5.82 Å². The van der Waals surface area contributed by atoms with Crippen molar-refractivity contribution in [2.75, 3.05) is 31.1 Å². The van der Waals surface area contributed by atoms with Crippen LogP contribution in [-0.4, -0.2) is 38.9 Å². The summed E-state index contributed by atoms with van der Waals surface area (Å²) < 4.78 is 41.4. The second kappa shape index (κ2) is 7.05. The van der Waals surface area contributed by atoms with E-state index < -0.39 is 10.0 Å². The van der Waals surface area contributed by atoms with E-state index in [1.165, 1.54) is 16.4 Å². The number of hydrogen-bond donors (Lipinski definition) is 0. The first-order valence-electron chi connectivity index (χ1n) is 8.06. The molecule has 0 atom stereocenters. The van der Waals surface area contributed by atoms with Crippen molar-refractivity contribution in [2.45, 2.75) is 18.7 Å². The smallest absolute Gasteiger partial charge is 0.243 e. The number of piperazine rings is 1. The van der Waals surface area contributed by atoms with Crippen LogP contribution in [-0.2, 0) is 10.0 Å². The van der Waals surface area contributed by atoms with Crippen LogP contribution in [0.1, 0.15) is 11.1 Å². The highest BCUT2D eigenvalue weighted by atomic mass is 79.9. The lowest BCUT2D eigenvalue weighted by Crippen LogP contribution is -2.48. The van der Waals surface area contributed by atoms with Crippen molar-refractivity contribution in [3.05, 3.63) is 57.8 Å². The molecule has 0 spiro atoms. The summed E-state index contributed by atoms with van der Waals surface area (Å²) >= 11 is 3.42. The van der Waals surface area contributed by atoms with Crippen LogP contribution in [0.15, 0.2) is 45.8 Å². The van der Waals surface area contributed by atoms with Gasteiger partial charge in [-0.05, 0) is 55.3 Å². The number of anilines is 1. The average Bonchev–Trinajstić information content (AvgIpc) is 2.59. The van der Waals surface area contributed by atoms with E-state index in [0.717, 1.165) is 21.3 Å². The van der Waals surface area contributed by atoms with Gasteiger partial charge in [0.05, 0.1) is 4.90 Å².